The van der Waals surface area contributed by atoms with Crippen molar-refractivity contribution in [2.75, 3.05) is 13.1 Å². The van der Waals surface area contributed by atoms with E-state index in [2.05, 4.69) is 4.74 Å². The maximum absolute atomic E-state index is 13.8. The number of rotatable bonds is 5. The number of likely N-dealkylation sites (tertiary alicyclic amines) is 1. The van der Waals surface area contributed by atoms with E-state index in [-0.39, 0.29) is 43.2 Å². The van der Waals surface area contributed by atoms with Crippen LogP contribution in [0, 0.1) is 23.4 Å². The van der Waals surface area contributed by atoms with Crippen LogP contribution >= 0.6 is 0 Å². The maximum atomic E-state index is 13.8. The predicted octanol–water partition coefficient (Wildman–Crippen LogP) is 4.44. The summed E-state index contributed by atoms with van der Waals surface area (Å²) in [5, 5.41) is 0. The lowest BCUT2D eigenvalue weighted by Gasteiger charge is -2.31. The number of halogens is 5. The summed E-state index contributed by atoms with van der Waals surface area (Å²) in [5.41, 5.74) is -0.516. The van der Waals surface area contributed by atoms with E-state index in [9.17, 15) is 31.5 Å². The molecular weight excluding hydrogens is 397 g/mol. The second kappa shape index (κ2) is 8.59. The Bertz CT molecular complexity index is 886. The number of carbonyl (C=O) groups excluding carboxylic acids is 2. The van der Waals surface area contributed by atoms with Gasteiger partial charge < -0.3 is 9.64 Å². The van der Waals surface area contributed by atoms with E-state index in [1.807, 2.05) is 0 Å². The van der Waals surface area contributed by atoms with Crippen LogP contribution in [0.4, 0.5) is 22.0 Å². The zero-order chi connectivity index (χ0) is 21.1. The van der Waals surface area contributed by atoms with E-state index in [1.54, 1.807) is 0 Å². The van der Waals surface area contributed by atoms with E-state index in [0.717, 1.165) is 0 Å². The largest absolute Gasteiger partial charge is 0.435 e. The maximum Gasteiger partial charge on any atom is 0.387 e. The molecule has 2 aromatic rings. The number of carbonyl (C=O) groups is 2. The number of ether oxygens (including phenoxy) is 1. The highest BCUT2D eigenvalue weighted by molar-refractivity contribution is 5.99. The van der Waals surface area contributed by atoms with Crippen molar-refractivity contribution >= 4 is 11.7 Å². The third kappa shape index (κ3) is 4.72. The topological polar surface area (TPSA) is 46.6 Å². The first-order valence-electron chi connectivity index (χ1n) is 8.79. The molecule has 0 saturated carbocycles. The van der Waals surface area contributed by atoms with Gasteiger partial charge in [0.2, 0.25) is 0 Å². The average molecular weight is 413 g/mol. The van der Waals surface area contributed by atoms with Gasteiger partial charge in [0.25, 0.3) is 5.91 Å². The van der Waals surface area contributed by atoms with E-state index in [4.69, 9.17) is 0 Å². The third-order valence-electron chi connectivity index (χ3n) is 4.73. The molecule has 4 nitrogen and oxygen atoms in total. The molecule has 3 rings (SSSR count). The van der Waals surface area contributed by atoms with Crippen molar-refractivity contribution in [1.29, 1.82) is 0 Å². The lowest BCUT2D eigenvalue weighted by Crippen LogP contribution is -2.40. The molecule has 0 N–H and O–H groups in total. The molecule has 0 atom stereocenters. The van der Waals surface area contributed by atoms with Crippen LogP contribution in [0.3, 0.4) is 0 Å². The smallest absolute Gasteiger partial charge is 0.387 e. The molecule has 9 heteroatoms. The number of piperidine rings is 1. The number of hydrogen-bond acceptors (Lipinski definition) is 3. The molecule has 1 fully saturated rings. The Hall–Kier alpha value is -2.97. The first-order chi connectivity index (χ1) is 13.8. The summed E-state index contributed by atoms with van der Waals surface area (Å²) in [5.74, 6) is -5.52. The molecule has 0 unspecified atom stereocenters. The van der Waals surface area contributed by atoms with E-state index in [0.29, 0.717) is 12.1 Å². The van der Waals surface area contributed by atoms with E-state index < -0.39 is 41.3 Å². The van der Waals surface area contributed by atoms with Crippen molar-refractivity contribution in [2.45, 2.75) is 19.5 Å². The molecule has 0 aromatic heterocycles. The van der Waals surface area contributed by atoms with Crippen molar-refractivity contribution in [3.8, 4) is 5.75 Å². The number of amides is 1. The lowest BCUT2D eigenvalue weighted by molar-refractivity contribution is -0.0498. The van der Waals surface area contributed by atoms with Crippen molar-refractivity contribution < 1.29 is 36.3 Å². The summed E-state index contributed by atoms with van der Waals surface area (Å²) in [4.78, 5) is 26.4. The van der Waals surface area contributed by atoms with Gasteiger partial charge in [-0.05, 0) is 37.1 Å². The molecular formula is C20H16F5NO3. The predicted molar refractivity (Wildman–Crippen MR) is 92.3 cm³/mol. The minimum Gasteiger partial charge on any atom is -0.435 e. The van der Waals surface area contributed by atoms with Crippen molar-refractivity contribution in [3.05, 3.63) is 65.0 Å². The minimum atomic E-state index is -2.97. The van der Waals surface area contributed by atoms with Gasteiger partial charge in [-0.25, -0.2) is 13.2 Å². The SMILES string of the molecule is O=C(c1c(F)cc(F)cc1F)C1CCN(C(=O)c2ccc(OC(F)F)cc2)CC1. The molecule has 0 aliphatic carbocycles. The molecule has 0 bridgehead atoms. The Labute approximate surface area is 162 Å². The number of ketones is 1. The fourth-order valence-corrected chi connectivity index (χ4v) is 3.29. The van der Waals surface area contributed by atoms with E-state index in [1.165, 1.54) is 29.2 Å². The van der Waals surface area contributed by atoms with Crippen LogP contribution < -0.4 is 4.74 Å². The second-order valence-electron chi connectivity index (χ2n) is 6.58. The molecule has 1 saturated heterocycles. The molecule has 154 valence electrons. The fourth-order valence-electron chi connectivity index (χ4n) is 3.29. The third-order valence-corrected chi connectivity index (χ3v) is 4.73. The Morgan fingerprint density at radius 2 is 1.52 bits per heavy atom. The molecule has 1 heterocycles. The van der Waals surface area contributed by atoms with Gasteiger partial charge in [-0.15, -0.1) is 0 Å². The summed E-state index contributed by atoms with van der Waals surface area (Å²) >= 11 is 0. The monoisotopic (exact) mass is 413 g/mol. The minimum absolute atomic E-state index is 0.0794. The Morgan fingerprint density at radius 1 is 0.966 bits per heavy atom. The van der Waals surface area contributed by atoms with Crippen LogP contribution in [0.15, 0.2) is 36.4 Å². The fraction of sp³-hybridized carbons (Fsp3) is 0.300. The highest BCUT2D eigenvalue weighted by Crippen LogP contribution is 2.26. The average Bonchev–Trinajstić information content (AvgIpc) is 2.67. The Balaban J connectivity index is 1.63. The summed E-state index contributed by atoms with van der Waals surface area (Å²) in [7, 11) is 0. The van der Waals surface area contributed by atoms with Gasteiger partial charge in [0.05, 0.1) is 5.56 Å². The highest BCUT2D eigenvalue weighted by atomic mass is 19.3. The van der Waals surface area contributed by atoms with Gasteiger partial charge in [0.1, 0.15) is 23.2 Å². The summed E-state index contributed by atoms with van der Waals surface area (Å²) in [6, 6.07) is 6.10. The van der Waals surface area contributed by atoms with Crippen LogP contribution in [0.25, 0.3) is 0 Å². The number of benzene rings is 2. The highest BCUT2D eigenvalue weighted by Gasteiger charge is 2.31. The molecule has 1 amide bonds. The first kappa shape index (κ1) is 20.8. The van der Waals surface area contributed by atoms with Gasteiger partial charge in [0.15, 0.2) is 5.78 Å². The lowest BCUT2D eigenvalue weighted by atomic mass is 9.88. The molecule has 0 radical (unpaired) electrons. The number of alkyl halides is 2. The first-order valence-corrected chi connectivity index (χ1v) is 8.79. The van der Waals surface area contributed by atoms with Crippen LogP contribution in [-0.4, -0.2) is 36.3 Å². The standard InChI is InChI=1S/C20H16F5NO3/c21-13-9-15(22)17(16(23)10-13)18(27)11-5-7-26(8-6-11)19(28)12-1-3-14(4-2-12)29-20(24)25/h1-4,9-11,20H,5-8H2. The Morgan fingerprint density at radius 3 is 2.03 bits per heavy atom. The normalized spacial score (nSPS) is 14.9. The van der Waals surface area contributed by atoms with Crippen LogP contribution in [0.2, 0.25) is 0 Å². The number of hydrogen-bond donors (Lipinski definition) is 0. The van der Waals surface area contributed by atoms with Crippen LogP contribution in [0.5, 0.6) is 5.75 Å². The summed E-state index contributed by atoms with van der Waals surface area (Å²) in [6.45, 7) is -2.62. The molecule has 1 aliphatic heterocycles. The van der Waals surface area contributed by atoms with Crippen molar-refractivity contribution in [3.63, 3.8) is 0 Å². The zero-order valence-electron chi connectivity index (χ0n) is 15.0. The molecule has 29 heavy (non-hydrogen) atoms. The van der Waals surface area contributed by atoms with Gasteiger partial charge in [-0.1, -0.05) is 0 Å². The zero-order valence-corrected chi connectivity index (χ0v) is 15.0. The van der Waals surface area contributed by atoms with Gasteiger partial charge in [-0.3, -0.25) is 9.59 Å². The molecule has 2 aromatic carbocycles. The van der Waals surface area contributed by atoms with Crippen molar-refractivity contribution in [2.24, 2.45) is 5.92 Å². The quantitative estimate of drug-likeness (QED) is 0.538. The van der Waals surface area contributed by atoms with Crippen molar-refractivity contribution in [1.82, 2.24) is 4.90 Å². The summed E-state index contributed by atoms with van der Waals surface area (Å²) < 4.78 is 69.3. The Kier molecular flexibility index (Phi) is 6.14. The number of Topliss-reactive ketones (excluding diaryl/α,β-unsaturated/α-hetero) is 1. The second-order valence-corrected chi connectivity index (χ2v) is 6.58. The molecule has 0 spiro atoms. The van der Waals surface area contributed by atoms with Crippen LogP contribution in [-0.2, 0) is 0 Å². The van der Waals surface area contributed by atoms with Crippen LogP contribution in [0.1, 0.15) is 33.6 Å². The van der Waals surface area contributed by atoms with Gasteiger partial charge in [0, 0.05) is 36.7 Å². The van der Waals surface area contributed by atoms with Gasteiger partial charge >= 0.3 is 6.61 Å². The summed E-state index contributed by atoms with van der Waals surface area (Å²) in [6.07, 6.45) is 0.376. The molecule has 1 aliphatic rings. The van der Waals surface area contributed by atoms with Gasteiger partial charge in [-0.2, -0.15) is 8.78 Å². The number of nitrogens with zero attached hydrogens (tertiary/aromatic N) is 1. The van der Waals surface area contributed by atoms with E-state index >= 15 is 0 Å².